The summed E-state index contributed by atoms with van der Waals surface area (Å²) in [5.41, 5.74) is 5.47. The van der Waals surface area contributed by atoms with Gasteiger partial charge in [-0.25, -0.2) is 0 Å². The highest BCUT2D eigenvalue weighted by Crippen LogP contribution is 2.08. The van der Waals surface area contributed by atoms with Gasteiger partial charge in [0.05, 0.1) is 12.1 Å². The third-order valence-electron chi connectivity index (χ3n) is 2.63. The zero-order valence-corrected chi connectivity index (χ0v) is 9.71. The fourth-order valence-electron chi connectivity index (χ4n) is 1.33. The predicted octanol–water partition coefficient (Wildman–Crippen LogP) is -0.0433. The Hall–Kier alpha value is -0.160. The van der Waals surface area contributed by atoms with Crippen LogP contribution in [0.4, 0.5) is 0 Å². The van der Waals surface area contributed by atoms with Gasteiger partial charge in [0.15, 0.2) is 0 Å². The molecule has 0 radical (unpaired) electrons. The molecule has 0 aromatic carbocycles. The summed E-state index contributed by atoms with van der Waals surface area (Å²) in [6.45, 7) is 7.35. The van der Waals surface area contributed by atoms with Gasteiger partial charge in [-0.2, -0.15) is 0 Å². The van der Waals surface area contributed by atoms with Crippen LogP contribution in [-0.4, -0.2) is 43.6 Å². The van der Waals surface area contributed by atoms with E-state index in [2.05, 4.69) is 5.32 Å². The molecule has 4 nitrogen and oxygen atoms in total. The summed E-state index contributed by atoms with van der Waals surface area (Å²) in [6.07, 6.45) is 0. The molecule has 0 aromatic rings. The average molecular weight is 204 g/mol. The lowest BCUT2D eigenvalue weighted by molar-refractivity contribution is 0.102. The van der Waals surface area contributed by atoms with Crippen LogP contribution in [0.1, 0.15) is 20.8 Å². The molecule has 4 N–H and O–H groups in total. The first-order chi connectivity index (χ1) is 6.49. The van der Waals surface area contributed by atoms with Crippen LogP contribution in [0.3, 0.4) is 0 Å². The summed E-state index contributed by atoms with van der Waals surface area (Å²) < 4.78 is 5.11. The van der Waals surface area contributed by atoms with Gasteiger partial charge >= 0.3 is 0 Å². The molecule has 0 bridgehead atoms. The number of rotatable bonds is 7. The second-order valence-electron chi connectivity index (χ2n) is 4.29. The number of hydrogen-bond acceptors (Lipinski definition) is 4. The van der Waals surface area contributed by atoms with Crippen molar-refractivity contribution in [1.82, 2.24) is 5.32 Å². The van der Waals surface area contributed by atoms with Gasteiger partial charge in [0.25, 0.3) is 0 Å². The first-order valence-corrected chi connectivity index (χ1v) is 5.06. The summed E-state index contributed by atoms with van der Waals surface area (Å²) in [7, 11) is 1.66. The van der Waals surface area contributed by atoms with Gasteiger partial charge in [0.2, 0.25) is 0 Å². The van der Waals surface area contributed by atoms with E-state index in [0.29, 0.717) is 13.2 Å². The second kappa shape index (κ2) is 6.35. The monoisotopic (exact) mass is 204 g/mol. The normalized spacial score (nSPS) is 20.1. The maximum Gasteiger partial charge on any atom is 0.0654 e. The first kappa shape index (κ1) is 13.8. The summed E-state index contributed by atoms with van der Waals surface area (Å²) in [5, 5.41) is 12.4. The summed E-state index contributed by atoms with van der Waals surface area (Å²) in [6, 6.07) is 0.226. The lowest BCUT2D eigenvalue weighted by Crippen LogP contribution is -2.56. The van der Waals surface area contributed by atoms with Gasteiger partial charge in [-0.15, -0.1) is 0 Å². The summed E-state index contributed by atoms with van der Waals surface area (Å²) in [4.78, 5) is 0. The van der Waals surface area contributed by atoms with Gasteiger partial charge in [-0.3, -0.25) is 0 Å². The maximum absolute atomic E-state index is 9.00. The minimum atomic E-state index is -0.211. The molecular weight excluding hydrogens is 180 g/mol. The van der Waals surface area contributed by atoms with Crippen molar-refractivity contribution in [2.45, 2.75) is 32.4 Å². The van der Waals surface area contributed by atoms with Crippen molar-refractivity contribution in [3.05, 3.63) is 0 Å². The molecule has 0 saturated carbocycles. The number of nitrogens with one attached hydrogen (secondary N) is 1. The molecule has 0 aliphatic carbocycles. The standard InChI is InChI=1S/C10H24N2O2/c1-8(5-13)9(2)12-10(3,6-11)7-14-4/h8-9,12-13H,5-7,11H2,1-4H3. The van der Waals surface area contributed by atoms with E-state index >= 15 is 0 Å². The van der Waals surface area contributed by atoms with E-state index < -0.39 is 0 Å². The fourth-order valence-corrected chi connectivity index (χ4v) is 1.33. The Balaban J connectivity index is 4.15. The largest absolute Gasteiger partial charge is 0.396 e. The Morgan fingerprint density at radius 2 is 2.07 bits per heavy atom. The van der Waals surface area contributed by atoms with Crippen LogP contribution in [-0.2, 0) is 4.74 Å². The Bertz CT molecular complexity index is 155. The highest BCUT2D eigenvalue weighted by molar-refractivity contribution is 4.87. The molecule has 0 aliphatic rings. The zero-order chi connectivity index (χ0) is 11.2. The molecule has 3 atom stereocenters. The molecule has 0 spiro atoms. The van der Waals surface area contributed by atoms with Crippen molar-refractivity contribution < 1.29 is 9.84 Å². The van der Waals surface area contributed by atoms with Crippen LogP contribution in [0.2, 0.25) is 0 Å². The van der Waals surface area contributed by atoms with E-state index in [0.717, 1.165) is 0 Å². The Morgan fingerprint density at radius 1 is 1.50 bits per heavy atom. The van der Waals surface area contributed by atoms with Crippen molar-refractivity contribution in [3.63, 3.8) is 0 Å². The van der Waals surface area contributed by atoms with Crippen molar-refractivity contribution >= 4 is 0 Å². The van der Waals surface area contributed by atoms with Crippen molar-refractivity contribution in [3.8, 4) is 0 Å². The average Bonchev–Trinajstić information content (AvgIpc) is 2.16. The van der Waals surface area contributed by atoms with Gasteiger partial charge in [-0.1, -0.05) is 6.92 Å². The van der Waals surface area contributed by atoms with E-state index in [1.54, 1.807) is 7.11 Å². The topological polar surface area (TPSA) is 67.5 Å². The van der Waals surface area contributed by atoms with Crippen LogP contribution in [0.5, 0.6) is 0 Å². The number of aliphatic hydroxyl groups excluding tert-OH is 1. The van der Waals surface area contributed by atoms with Crippen LogP contribution < -0.4 is 11.1 Å². The molecule has 0 amide bonds. The van der Waals surface area contributed by atoms with E-state index in [-0.39, 0.29) is 24.1 Å². The minimum absolute atomic E-state index is 0.182. The quantitative estimate of drug-likeness (QED) is 0.544. The summed E-state index contributed by atoms with van der Waals surface area (Å²) in [5.74, 6) is 0.220. The predicted molar refractivity (Wildman–Crippen MR) is 58.2 cm³/mol. The molecule has 0 aliphatic heterocycles. The highest BCUT2D eigenvalue weighted by atomic mass is 16.5. The molecule has 0 aromatic heterocycles. The smallest absolute Gasteiger partial charge is 0.0654 e. The Labute approximate surface area is 86.8 Å². The number of ether oxygens (including phenoxy) is 1. The van der Waals surface area contributed by atoms with Gasteiger partial charge < -0.3 is 20.9 Å². The van der Waals surface area contributed by atoms with Crippen LogP contribution in [0, 0.1) is 5.92 Å². The van der Waals surface area contributed by atoms with E-state index in [9.17, 15) is 0 Å². The fraction of sp³-hybridized carbons (Fsp3) is 1.00. The highest BCUT2D eigenvalue weighted by Gasteiger charge is 2.25. The van der Waals surface area contributed by atoms with Gasteiger partial charge in [-0.05, 0) is 19.8 Å². The third-order valence-corrected chi connectivity index (χ3v) is 2.63. The van der Waals surface area contributed by atoms with Gasteiger partial charge in [0, 0.05) is 26.3 Å². The second-order valence-corrected chi connectivity index (χ2v) is 4.29. The Morgan fingerprint density at radius 3 is 2.43 bits per heavy atom. The van der Waals surface area contributed by atoms with E-state index in [4.69, 9.17) is 15.6 Å². The van der Waals surface area contributed by atoms with Crippen molar-refractivity contribution in [2.24, 2.45) is 11.7 Å². The van der Waals surface area contributed by atoms with E-state index in [1.807, 2.05) is 20.8 Å². The Kier molecular flexibility index (Phi) is 6.27. The van der Waals surface area contributed by atoms with Crippen molar-refractivity contribution in [1.29, 1.82) is 0 Å². The minimum Gasteiger partial charge on any atom is -0.396 e. The zero-order valence-electron chi connectivity index (χ0n) is 9.71. The maximum atomic E-state index is 9.00. The SMILES string of the molecule is COCC(C)(CN)NC(C)C(C)CO. The van der Waals surface area contributed by atoms with Crippen LogP contribution in [0.15, 0.2) is 0 Å². The molecular formula is C10H24N2O2. The summed E-state index contributed by atoms with van der Waals surface area (Å²) >= 11 is 0. The lowest BCUT2D eigenvalue weighted by atomic mass is 9.98. The van der Waals surface area contributed by atoms with Crippen LogP contribution in [0.25, 0.3) is 0 Å². The molecule has 86 valence electrons. The third kappa shape index (κ3) is 4.37. The molecule has 3 unspecified atom stereocenters. The number of nitrogens with two attached hydrogens (primary N) is 1. The molecule has 14 heavy (non-hydrogen) atoms. The first-order valence-electron chi connectivity index (χ1n) is 5.06. The number of aliphatic hydroxyl groups is 1. The molecule has 0 fully saturated rings. The molecule has 0 rings (SSSR count). The lowest BCUT2D eigenvalue weighted by Gasteiger charge is -2.34. The van der Waals surface area contributed by atoms with E-state index in [1.165, 1.54) is 0 Å². The number of methoxy groups -OCH3 is 1. The van der Waals surface area contributed by atoms with Crippen molar-refractivity contribution in [2.75, 3.05) is 26.9 Å². The number of hydrogen-bond donors (Lipinski definition) is 3. The molecule has 4 heteroatoms. The molecule has 0 saturated heterocycles. The van der Waals surface area contributed by atoms with Gasteiger partial charge in [0.1, 0.15) is 0 Å². The molecule has 0 heterocycles. The van der Waals surface area contributed by atoms with Crippen LogP contribution >= 0.6 is 0 Å².